The number of esters is 1. The van der Waals surface area contributed by atoms with Crippen LogP contribution in [0.25, 0.3) is 0 Å². The first kappa shape index (κ1) is 17.7. The van der Waals surface area contributed by atoms with Crippen LogP contribution >= 0.6 is 11.6 Å². The molecule has 0 unspecified atom stereocenters. The Kier molecular flexibility index (Phi) is 6.83. The van der Waals surface area contributed by atoms with Gasteiger partial charge in [-0.2, -0.15) is 0 Å². The maximum atomic E-state index is 12.1. The molecule has 7 heteroatoms. The molecule has 1 fully saturated rings. The highest BCUT2D eigenvalue weighted by Gasteiger charge is 2.19. The van der Waals surface area contributed by atoms with Gasteiger partial charge in [0.1, 0.15) is 0 Å². The van der Waals surface area contributed by atoms with Crippen molar-refractivity contribution in [2.75, 3.05) is 51.7 Å². The molecular formula is C16H22ClN3O3. The highest BCUT2D eigenvalue weighted by atomic mass is 35.5. The summed E-state index contributed by atoms with van der Waals surface area (Å²) in [5, 5.41) is 3.36. The summed E-state index contributed by atoms with van der Waals surface area (Å²) in [6.07, 6.45) is 0.406. The zero-order chi connectivity index (χ0) is 16.7. The van der Waals surface area contributed by atoms with Gasteiger partial charge in [-0.3, -0.25) is 14.5 Å². The number of anilines is 1. The number of rotatable bonds is 6. The predicted octanol–water partition coefficient (Wildman–Crippen LogP) is 1.46. The molecule has 1 aromatic rings. The third kappa shape index (κ3) is 5.82. The number of ether oxygens (including phenoxy) is 1. The summed E-state index contributed by atoms with van der Waals surface area (Å²) < 4.78 is 4.64. The molecule has 1 amide bonds. The number of methoxy groups -OCH3 is 1. The third-order valence-electron chi connectivity index (χ3n) is 3.84. The van der Waals surface area contributed by atoms with Crippen molar-refractivity contribution in [1.82, 2.24) is 9.80 Å². The molecule has 0 radical (unpaired) electrons. The van der Waals surface area contributed by atoms with Crippen molar-refractivity contribution in [3.63, 3.8) is 0 Å². The van der Waals surface area contributed by atoms with Crippen LogP contribution in [-0.2, 0) is 14.3 Å². The van der Waals surface area contributed by atoms with E-state index in [2.05, 4.69) is 19.9 Å². The Hall–Kier alpha value is -1.63. The average molecular weight is 340 g/mol. The normalized spacial score (nSPS) is 16.1. The van der Waals surface area contributed by atoms with Crippen molar-refractivity contribution in [3.8, 4) is 0 Å². The summed E-state index contributed by atoms with van der Waals surface area (Å²) in [6, 6.07) is 7.19. The van der Waals surface area contributed by atoms with Gasteiger partial charge in [0, 0.05) is 32.7 Å². The Morgan fingerprint density at radius 1 is 1.17 bits per heavy atom. The lowest BCUT2D eigenvalue weighted by Crippen LogP contribution is -2.49. The third-order valence-corrected chi connectivity index (χ3v) is 4.17. The van der Waals surface area contributed by atoms with Gasteiger partial charge in [0.05, 0.1) is 30.8 Å². The zero-order valence-corrected chi connectivity index (χ0v) is 14.0. The summed E-state index contributed by atoms with van der Waals surface area (Å²) in [5.74, 6) is -0.257. The highest BCUT2D eigenvalue weighted by molar-refractivity contribution is 6.33. The van der Waals surface area contributed by atoms with E-state index in [0.29, 0.717) is 30.2 Å². The summed E-state index contributed by atoms with van der Waals surface area (Å²) >= 11 is 6.03. The van der Waals surface area contributed by atoms with E-state index in [1.165, 1.54) is 7.11 Å². The van der Waals surface area contributed by atoms with Crippen LogP contribution in [0.4, 0.5) is 5.69 Å². The van der Waals surface area contributed by atoms with Crippen LogP contribution in [-0.4, -0.2) is 68.1 Å². The van der Waals surface area contributed by atoms with Gasteiger partial charge in [0.25, 0.3) is 0 Å². The van der Waals surface area contributed by atoms with Crippen molar-refractivity contribution in [3.05, 3.63) is 29.3 Å². The molecule has 0 saturated carbocycles. The first-order valence-corrected chi connectivity index (χ1v) is 8.02. The van der Waals surface area contributed by atoms with E-state index >= 15 is 0 Å². The predicted molar refractivity (Wildman–Crippen MR) is 89.6 cm³/mol. The number of hydrogen-bond donors (Lipinski definition) is 1. The molecular weight excluding hydrogens is 318 g/mol. The summed E-state index contributed by atoms with van der Waals surface area (Å²) in [4.78, 5) is 27.5. The monoisotopic (exact) mass is 339 g/mol. The number of amides is 1. The molecule has 0 aliphatic carbocycles. The lowest BCUT2D eigenvalue weighted by Gasteiger charge is -2.34. The second kappa shape index (κ2) is 8.86. The van der Waals surface area contributed by atoms with Crippen molar-refractivity contribution in [2.45, 2.75) is 6.42 Å². The Labute approximate surface area is 141 Å². The first-order chi connectivity index (χ1) is 11.1. The van der Waals surface area contributed by atoms with Crippen LogP contribution in [0.1, 0.15) is 6.42 Å². The number of hydrogen-bond acceptors (Lipinski definition) is 5. The highest BCUT2D eigenvalue weighted by Crippen LogP contribution is 2.20. The largest absolute Gasteiger partial charge is 0.469 e. The Bertz CT molecular complexity index is 545. The fourth-order valence-corrected chi connectivity index (χ4v) is 2.66. The van der Waals surface area contributed by atoms with Crippen molar-refractivity contribution < 1.29 is 14.3 Å². The maximum absolute atomic E-state index is 12.1. The number of benzene rings is 1. The van der Waals surface area contributed by atoms with Crippen molar-refractivity contribution >= 4 is 29.2 Å². The second-order valence-corrected chi connectivity index (χ2v) is 5.88. The van der Waals surface area contributed by atoms with Gasteiger partial charge in [-0.15, -0.1) is 0 Å². The number of para-hydroxylation sites is 1. The molecule has 23 heavy (non-hydrogen) atoms. The Morgan fingerprint density at radius 2 is 1.83 bits per heavy atom. The molecule has 0 atom stereocenters. The first-order valence-electron chi connectivity index (χ1n) is 7.64. The fourth-order valence-electron chi connectivity index (χ4n) is 2.48. The number of carbonyl (C=O) groups excluding carboxylic acids is 2. The Balaban J connectivity index is 1.70. The number of piperazine rings is 1. The minimum Gasteiger partial charge on any atom is -0.469 e. The van der Waals surface area contributed by atoms with E-state index in [1.807, 2.05) is 12.1 Å². The summed E-state index contributed by atoms with van der Waals surface area (Å²) in [7, 11) is 1.40. The Morgan fingerprint density at radius 3 is 2.48 bits per heavy atom. The molecule has 1 heterocycles. The average Bonchev–Trinajstić information content (AvgIpc) is 2.56. The molecule has 6 nitrogen and oxygen atoms in total. The second-order valence-electron chi connectivity index (χ2n) is 5.47. The van der Waals surface area contributed by atoms with Crippen molar-refractivity contribution in [1.29, 1.82) is 0 Å². The van der Waals surface area contributed by atoms with Crippen LogP contribution in [0.3, 0.4) is 0 Å². The van der Waals surface area contributed by atoms with Crippen LogP contribution < -0.4 is 5.32 Å². The quantitative estimate of drug-likeness (QED) is 0.795. The number of nitrogens with zero attached hydrogens (tertiary/aromatic N) is 2. The standard InChI is InChI=1S/C16H22ClN3O3/c1-23-16(22)6-7-19-8-10-20(11-9-19)12-15(21)18-14-5-3-2-4-13(14)17/h2-5H,6-12H2,1H3,(H,18,21). The van der Waals surface area contributed by atoms with Gasteiger partial charge in [-0.1, -0.05) is 23.7 Å². The molecule has 0 aromatic heterocycles. The van der Waals surface area contributed by atoms with Crippen LogP contribution in [0.5, 0.6) is 0 Å². The summed E-state index contributed by atoms with van der Waals surface area (Å²) in [5.41, 5.74) is 0.635. The molecule has 1 saturated heterocycles. The van der Waals surface area contributed by atoms with Crippen molar-refractivity contribution in [2.24, 2.45) is 0 Å². The van der Waals surface area contributed by atoms with Gasteiger partial charge in [0.15, 0.2) is 0 Å². The summed E-state index contributed by atoms with van der Waals surface area (Å²) in [6.45, 7) is 4.34. The van der Waals surface area contributed by atoms with E-state index in [4.69, 9.17) is 11.6 Å². The molecule has 2 rings (SSSR count). The SMILES string of the molecule is COC(=O)CCN1CCN(CC(=O)Nc2ccccc2Cl)CC1. The molecule has 0 spiro atoms. The number of halogens is 1. The van der Waals surface area contributed by atoms with Gasteiger partial charge in [-0.05, 0) is 12.1 Å². The van der Waals surface area contributed by atoms with Crippen LogP contribution in [0.15, 0.2) is 24.3 Å². The van der Waals surface area contributed by atoms with E-state index in [1.54, 1.807) is 12.1 Å². The van der Waals surface area contributed by atoms with E-state index in [-0.39, 0.29) is 11.9 Å². The van der Waals surface area contributed by atoms with E-state index in [9.17, 15) is 9.59 Å². The van der Waals surface area contributed by atoms with Gasteiger partial charge < -0.3 is 15.0 Å². The maximum Gasteiger partial charge on any atom is 0.306 e. The lowest BCUT2D eigenvalue weighted by molar-refractivity contribution is -0.141. The minimum absolute atomic E-state index is 0.0684. The van der Waals surface area contributed by atoms with E-state index < -0.39 is 0 Å². The van der Waals surface area contributed by atoms with Crippen LogP contribution in [0.2, 0.25) is 5.02 Å². The minimum atomic E-state index is -0.188. The topological polar surface area (TPSA) is 61.9 Å². The van der Waals surface area contributed by atoms with Gasteiger partial charge in [-0.25, -0.2) is 0 Å². The van der Waals surface area contributed by atoms with Gasteiger partial charge >= 0.3 is 5.97 Å². The molecule has 1 aliphatic heterocycles. The molecule has 1 aliphatic rings. The number of nitrogens with one attached hydrogen (secondary N) is 1. The van der Waals surface area contributed by atoms with Gasteiger partial charge in [0.2, 0.25) is 5.91 Å². The zero-order valence-electron chi connectivity index (χ0n) is 13.3. The smallest absolute Gasteiger partial charge is 0.306 e. The molecule has 126 valence electrons. The molecule has 1 N–H and O–H groups in total. The van der Waals surface area contributed by atoms with Crippen LogP contribution in [0, 0.1) is 0 Å². The van der Waals surface area contributed by atoms with E-state index in [0.717, 1.165) is 26.2 Å². The fraction of sp³-hybridized carbons (Fsp3) is 0.500. The lowest BCUT2D eigenvalue weighted by atomic mass is 10.2. The number of carbonyl (C=O) groups is 2. The molecule has 0 bridgehead atoms. The molecule has 1 aromatic carbocycles.